The van der Waals surface area contributed by atoms with Gasteiger partial charge in [-0.25, -0.2) is 4.98 Å². The van der Waals surface area contributed by atoms with Crippen LogP contribution in [0, 0.1) is 0 Å². The second kappa shape index (κ2) is 6.60. The average molecular weight is 336 g/mol. The van der Waals surface area contributed by atoms with Gasteiger partial charge in [-0.3, -0.25) is 0 Å². The third kappa shape index (κ3) is 3.18. The smallest absolute Gasteiger partial charge is 0.318 e. The summed E-state index contributed by atoms with van der Waals surface area (Å²) in [5, 5.41) is 10.6. The third-order valence-electron chi connectivity index (χ3n) is 3.92. The number of aliphatic hydroxyl groups excluding tert-OH is 1. The molecule has 23 heavy (non-hydrogen) atoms. The summed E-state index contributed by atoms with van der Waals surface area (Å²) in [6.07, 6.45) is 1.65. The van der Waals surface area contributed by atoms with Crippen LogP contribution in [0.15, 0.2) is 30.5 Å². The highest BCUT2D eigenvalue weighted by Gasteiger charge is 2.34. The van der Waals surface area contributed by atoms with Crippen molar-refractivity contribution in [1.29, 1.82) is 0 Å². The van der Waals surface area contributed by atoms with Crippen molar-refractivity contribution in [2.24, 2.45) is 0 Å². The van der Waals surface area contributed by atoms with Crippen LogP contribution in [-0.2, 0) is 0 Å². The molecular weight excluding hydrogens is 318 g/mol. The molecule has 2 heterocycles. The first-order valence-corrected chi connectivity index (χ1v) is 7.65. The molecule has 7 heteroatoms. The van der Waals surface area contributed by atoms with Crippen molar-refractivity contribution in [2.75, 3.05) is 25.7 Å². The molecule has 1 fully saturated rings. The van der Waals surface area contributed by atoms with Crippen LogP contribution in [0.2, 0.25) is 5.02 Å². The first-order chi connectivity index (χ1) is 11.1. The van der Waals surface area contributed by atoms with Crippen molar-refractivity contribution in [3.8, 4) is 11.8 Å². The Morgan fingerprint density at radius 1 is 1.30 bits per heavy atom. The first-order valence-electron chi connectivity index (χ1n) is 7.27. The SMILES string of the molecule is COc1cccc([C@@H]2C[C@@H](O)CN2c2nc(OC)ncc2Cl)c1. The Hall–Kier alpha value is -2.05. The molecule has 0 bridgehead atoms. The Morgan fingerprint density at radius 3 is 2.87 bits per heavy atom. The van der Waals surface area contributed by atoms with E-state index in [0.717, 1.165) is 11.3 Å². The first kappa shape index (κ1) is 15.8. The number of hydrogen-bond acceptors (Lipinski definition) is 6. The number of methoxy groups -OCH3 is 2. The molecule has 122 valence electrons. The van der Waals surface area contributed by atoms with Gasteiger partial charge in [0.1, 0.15) is 10.8 Å². The van der Waals surface area contributed by atoms with Crippen LogP contribution in [0.5, 0.6) is 11.8 Å². The molecule has 1 aromatic carbocycles. The third-order valence-corrected chi connectivity index (χ3v) is 4.18. The van der Waals surface area contributed by atoms with Crippen LogP contribution in [-0.4, -0.2) is 41.9 Å². The second-order valence-corrected chi connectivity index (χ2v) is 5.77. The van der Waals surface area contributed by atoms with Gasteiger partial charge < -0.3 is 19.5 Å². The summed E-state index contributed by atoms with van der Waals surface area (Å²) in [5.74, 6) is 1.33. The fraction of sp³-hybridized carbons (Fsp3) is 0.375. The average Bonchev–Trinajstić information content (AvgIpc) is 2.97. The normalized spacial score (nSPS) is 20.6. The van der Waals surface area contributed by atoms with Gasteiger partial charge in [0.25, 0.3) is 0 Å². The van der Waals surface area contributed by atoms with Crippen LogP contribution < -0.4 is 14.4 Å². The van der Waals surface area contributed by atoms with Crippen LogP contribution in [0.1, 0.15) is 18.0 Å². The number of rotatable bonds is 4. The Labute approximate surface area is 139 Å². The van der Waals surface area contributed by atoms with Gasteiger partial charge in [-0.05, 0) is 24.1 Å². The predicted octanol–water partition coefficient (Wildman–Crippen LogP) is 2.46. The van der Waals surface area contributed by atoms with E-state index in [4.69, 9.17) is 21.1 Å². The number of nitrogens with zero attached hydrogens (tertiary/aromatic N) is 3. The standard InChI is InChI=1S/C16H18ClN3O3/c1-22-12-5-3-4-10(6-12)14-7-11(21)9-20(14)15-13(17)8-18-16(19-15)23-2/h3-6,8,11,14,21H,7,9H2,1-2H3/t11-,14+/m1/s1. The van der Waals surface area contributed by atoms with Crippen LogP contribution in [0.4, 0.5) is 5.82 Å². The molecule has 0 unspecified atom stereocenters. The number of anilines is 1. The largest absolute Gasteiger partial charge is 0.497 e. The zero-order valence-corrected chi connectivity index (χ0v) is 13.7. The molecule has 6 nitrogen and oxygen atoms in total. The second-order valence-electron chi connectivity index (χ2n) is 5.36. The van der Waals surface area contributed by atoms with E-state index in [2.05, 4.69) is 9.97 Å². The van der Waals surface area contributed by atoms with Crippen molar-refractivity contribution >= 4 is 17.4 Å². The zero-order valence-electron chi connectivity index (χ0n) is 12.9. The molecular formula is C16H18ClN3O3. The summed E-state index contributed by atoms with van der Waals surface area (Å²) in [4.78, 5) is 10.3. The van der Waals surface area contributed by atoms with E-state index in [-0.39, 0.29) is 12.1 Å². The monoisotopic (exact) mass is 335 g/mol. The number of β-amino-alcohol motifs (C(OH)–C–C–N with tert-alkyl or cyclic N) is 1. The van der Waals surface area contributed by atoms with Crippen molar-refractivity contribution < 1.29 is 14.6 Å². The number of hydrogen-bond donors (Lipinski definition) is 1. The van der Waals surface area contributed by atoms with Crippen molar-refractivity contribution in [1.82, 2.24) is 9.97 Å². The summed E-state index contributed by atoms with van der Waals surface area (Å²) in [6, 6.07) is 7.98. The fourth-order valence-corrected chi connectivity index (χ4v) is 3.05. The number of halogens is 1. The maximum absolute atomic E-state index is 10.1. The fourth-order valence-electron chi connectivity index (χ4n) is 2.85. The Bertz CT molecular complexity index is 698. The lowest BCUT2D eigenvalue weighted by molar-refractivity contribution is 0.194. The molecule has 0 aliphatic carbocycles. The molecule has 1 aliphatic rings. The minimum absolute atomic E-state index is 0.0443. The molecule has 2 atom stereocenters. The van der Waals surface area contributed by atoms with E-state index >= 15 is 0 Å². The van der Waals surface area contributed by atoms with Gasteiger partial charge in [0, 0.05) is 6.54 Å². The summed E-state index contributed by atoms with van der Waals surface area (Å²) in [6.45, 7) is 0.446. The van der Waals surface area contributed by atoms with Gasteiger partial charge >= 0.3 is 6.01 Å². The van der Waals surface area contributed by atoms with E-state index in [1.165, 1.54) is 13.3 Å². The lowest BCUT2D eigenvalue weighted by atomic mass is 10.0. The maximum atomic E-state index is 10.1. The molecule has 0 saturated carbocycles. The number of aliphatic hydroxyl groups is 1. The number of aromatic nitrogens is 2. The van der Waals surface area contributed by atoms with Gasteiger partial charge in [-0.2, -0.15) is 4.98 Å². The Balaban J connectivity index is 1.99. The minimum Gasteiger partial charge on any atom is -0.497 e. The van der Waals surface area contributed by atoms with Crippen LogP contribution >= 0.6 is 11.6 Å². The summed E-state index contributed by atoms with van der Waals surface area (Å²) in [5.41, 5.74) is 1.04. The Kier molecular flexibility index (Phi) is 4.54. The van der Waals surface area contributed by atoms with Crippen molar-refractivity contribution in [3.63, 3.8) is 0 Å². The maximum Gasteiger partial charge on any atom is 0.318 e. The van der Waals surface area contributed by atoms with Gasteiger partial charge in [0.05, 0.1) is 32.6 Å². The molecule has 0 spiro atoms. The van der Waals surface area contributed by atoms with Gasteiger partial charge in [0.2, 0.25) is 0 Å². The zero-order chi connectivity index (χ0) is 16.4. The van der Waals surface area contributed by atoms with E-state index < -0.39 is 6.10 Å². The quantitative estimate of drug-likeness (QED) is 0.925. The highest BCUT2D eigenvalue weighted by molar-refractivity contribution is 6.32. The Morgan fingerprint density at radius 2 is 2.13 bits per heavy atom. The summed E-state index contributed by atoms with van der Waals surface area (Å²) >= 11 is 6.26. The van der Waals surface area contributed by atoms with E-state index in [1.54, 1.807) is 7.11 Å². The van der Waals surface area contributed by atoms with Crippen molar-refractivity contribution in [2.45, 2.75) is 18.6 Å². The number of benzene rings is 1. The van der Waals surface area contributed by atoms with E-state index in [1.807, 2.05) is 29.2 Å². The highest BCUT2D eigenvalue weighted by atomic mass is 35.5. The molecule has 2 aromatic rings. The van der Waals surface area contributed by atoms with Crippen LogP contribution in [0.3, 0.4) is 0 Å². The lowest BCUT2D eigenvalue weighted by Crippen LogP contribution is -2.25. The molecule has 1 aliphatic heterocycles. The number of ether oxygens (including phenoxy) is 2. The van der Waals surface area contributed by atoms with Gasteiger partial charge in [-0.1, -0.05) is 23.7 Å². The predicted molar refractivity (Wildman–Crippen MR) is 87.3 cm³/mol. The van der Waals surface area contributed by atoms with Crippen LogP contribution in [0.25, 0.3) is 0 Å². The molecule has 1 saturated heterocycles. The molecule has 0 radical (unpaired) electrons. The molecule has 0 amide bonds. The van der Waals surface area contributed by atoms with Crippen molar-refractivity contribution in [3.05, 3.63) is 41.0 Å². The highest BCUT2D eigenvalue weighted by Crippen LogP contribution is 2.39. The van der Waals surface area contributed by atoms with Gasteiger partial charge in [-0.15, -0.1) is 0 Å². The van der Waals surface area contributed by atoms with Gasteiger partial charge in [0.15, 0.2) is 5.82 Å². The van der Waals surface area contributed by atoms with E-state index in [0.29, 0.717) is 23.8 Å². The molecule has 1 N–H and O–H groups in total. The summed E-state index contributed by atoms with van der Waals surface area (Å²) < 4.78 is 10.4. The lowest BCUT2D eigenvalue weighted by Gasteiger charge is -2.26. The summed E-state index contributed by atoms with van der Waals surface area (Å²) in [7, 11) is 3.14. The molecule has 1 aromatic heterocycles. The van der Waals surface area contributed by atoms with E-state index in [9.17, 15) is 5.11 Å². The minimum atomic E-state index is -0.455. The molecule has 3 rings (SSSR count). The topological polar surface area (TPSA) is 67.7 Å².